The molecule has 3 fully saturated rings. The van der Waals surface area contributed by atoms with Crippen LogP contribution in [0.25, 0.3) is 0 Å². The molecule has 2 heterocycles. The molecular weight excluding hydrogens is 224 g/mol. The average Bonchev–Trinajstić information content (AvgIpc) is 2.84. The van der Waals surface area contributed by atoms with Gasteiger partial charge in [0.2, 0.25) is 0 Å². The van der Waals surface area contributed by atoms with Crippen molar-refractivity contribution in [1.29, 1.82) is 0 Å². The van der Waals surface area contributed by atoms with E-state index in [1.54, 1.807) is 0 Å². The lowest BCUT2D eigenvalue weighted by atomic mass is 9.82. The lowest BCUT2D eigenvalue weighted by Gasteiger charge is -2.42. The van der Waals surface area contributed by atoms with E-state index >= 15 is 0 Å². The van der Waals surface area contributed by atoms with E-state index in [-0.39, 0.29) is 5.54 Å². The summed E-state index contributed by atoms with van der Waals surface area (Å²) in [5.41, 5.74) is -0.150. The Hall–Kier alpha value is -0.120. The van der Waals surface area contributed by atoms with Crippen LogP contribution < -0.4 is 5.32 Å². The van der Waals surface area contributed by atoms with Crippen LogP contribution in [0.3, 0.4) is 0 Å². The van der Waals surface area contributed by atoms with Crippen molar-refractivity contribution in [3.63, 3.8) is 0 Å². The second-order valence-corrected chi connectivity index (χ2v) is 7.34. The van der Waals surface area contributed by atoms with Crippen LogP contribution in [0, 0.1) is 11.8 Å². The Morgan fingerprint density at radius 1 is 1.17 bits per heavy atom. The van der Waals surface area contributed by atoms with E-state index in [0.29, 0.717) is 0 Å². The Morgan fingerprint density at radius 3 is 2.56 bits per heavy atom. The molecule has 2 N–H and O–H groups in total. The summed E-state index contributed by atoms with van der Waals surface area (Å²) in [5, 5.41) is 14.3. The molecular formula is C15H28N2O. The Balaban J connectivity index is 1.69. The number of hydrogen-bond donors (Lipinski definition) is 2. The predicted octanol–water partition coefficient (Wildman–Crippen LogP) is 1.61. The average molecular weight is 252 g/mol. The van der Waals surface area contributed by atoms with Gasteiger partial charge in [-0.1, -0.05) is 19.3 Å². The second-order valence-electron chi connectivity index (χ2n) is 7.34. The first kappa shape index (κ1) is 12.9. The third kappa shape index (κ3) is 2.10. The summed E-state index contributed by atoms with van der Waals surface area (Å²) in [4.78, 5) is 2.58. The minimum atomic E-state index is -0.401. The molecule has 1 aliphatic carbocycles. The SMILES string of the molecule is CC1(C)C2CNCC2CN1CC1(O)CCCCC1. The summed E-state index contributed by atoms with van der Waals surface area (Å²) >= 11 is 0. The van der Waals surface area contributed by atoms with Gasteiger partial charge in [-0.2, -0.15) is 0 Å². The first-order valence-electron chi connectivity index (χ1n) is 7.69. The molecule has 2 saturated heterocycles. The van der Waals surface area contributed by atoms with Crippen LogP contribution in [0.2, 0.25) is 0 Å². The van der Waals surface area contributed by atoms with Crippen molar-refractivity contribution in [2.75, 3.05) is 26.2 Å². The van der Waals surface area contributed by atoms with Gasteiger partial charge in [0, 0.05) is 25.2 Å². The maximum absolute atomic E-state index is 10.8. The highest BCUT2D eigenvalue weighted by Gasteiger charge is 2.51. The smallest absolute Gasteiger partial charge is 0.0774 e. The molecule has 3 rings (SSSR count). The van der Waals surface area contributed by atoms with E-state index in [1.165, 1.54) is 32.4 Å². The molecule has 18 heavy (non-hydrogen) atoms. The monoisotopic (exact) mass is 252 g/mol. The van der Waals surface area contributed by atoms with Gasteiger partial charge < -0.3 is 10.4 Å². The molecule has 0 spiro atoms. The highest BCUT2D eigenvalue weighted by Crippen LogP contribution is 2.42. The van der Waals surface area contributed by atoms with Crippen LogP contribution >= 0.6 is 0 Å². The van der Waals surface area contributed by atoms with E-state index in [1.807, 2.05) is 0 Å². The topological polar surface area (TPSA) is 35.5 Å². The van der Waals surface area contributed by atoms with Gasteiger partial charge in [-0.3, -0.25) is 4.90 Å². The van der Waals surface area contributed by atoms with Gasteiger partial charge in [0.25, 0.3) is 0 Å². The van der Waals surface area contributed by atoms with Gasteiger partial charge in [0.1, 0.15) is 0 Å². The summed E-state index contributed by atoms with van der Waals surface area (Å²) in [6.07, 6.45) is 5.74. The van der Waals surface area contributed by atoms with Crippen LogP contribution in [-0.2, 0) is 0 Å². The minimum absolute atomic E-state index is 0.251. The van der Waals surface area contributed by atoms with Crippen LogP contribution in [0.5, 0.6) is 0 Å². The van der Waals surface area contributed by atoms with Gasteiger partial charge in [0.05, 0.1) is 5.60 Å². The fourth-order valence-corrected chi connectivity index (χ4v) is 4.50. The summed E-state index contributed by atoms with van der Waals surface area (Å²) in [6, 6.07) is 0. The molecule has 3 heteroatoms. The molecule has 2 unspecified atom stereocenters. The van der Waals surface area contributed by atoms with E-state index in [4.69, 9.17) is 0 Å². The molecule has 0 aromatic heterocycles. The summed E-state index contributed by atoms with van der Waals surface area (Å²) in [6.45, 7) is 9.14. The van der Waals surface area contributed by atoms with E-state index < -0.39 is 5.60 Å². The first-order valence-corrected chi connectivity index (χ1v) is 7.69. The number of β-amino-alcohol motifs (C(OH)–C–C–N with tert-alkyl or cyclic N) is 1. The van der Waals surface area contributed by atoms with Gasteiger partial charge in [-0.05, 0) is 45.1 Å². The Labute approximate surface area is 111 Å². The van der Waals surface area contributed by atoms with Crippen LogP contribution in [0.4, 0.5) is 0 Å². The number of rotatable bonds is 2. The van der Waals surface area contributed by atoms with Gasteiger partial charge >= 0.3 is 0 Å². The number of likely N-dealkylation sites (tertiary alicyclic amines) is 1. The second kappa shape index (κ2) is 4.46. The van der Waals surface area contributed by atoms with Crippen LogP contribution in [0.15, 0.2) is 0 Å². The Morgan fingerprint density at radius 2 is 1.89 bits per heavy atom. The Kier molecular flexibility index (Phi) is 3.20. The van der Waals surface area contributed by atoms with E-state index in [2.05, 4.69) is 24.1 Å². The van der Waals surface area contributed by atoms with Crippen molar-refractivity contribution in [2.45, 2.75) is 57.1 Å². The summed E-state index contributed by atoms with van der Waals surface area (Å²) in [5.74, 6) is 1.57. The largest absolute Gasteiger partial charge is 0.389 e. The number of hydrogen-bond acceptors (Lipinski definition) is 3. The molecule has 3 nitrogen and oxygen atoms in total. The quantitative estimate of drug-likeness (QED) is 0.784. The predicted molar refractivity (Wildman–Crippen MR) is 73.5 cm³/mol. The third-order valence-corrected chi connectivity index (χ3v) is 5.79. The molecule has 0 amide bonds. The van der Waals surface area contributed by atoms with Gasteiger partial charge in [-0.25, -0.2) is 0 Å². The maximum atomic E-state index is 10.8. The molecule has 2 atom stereocenters. The van der Waals surface area contributed by atoms with Crippen LogP contribution in [-0.4, -0.2) is 47.3 Å². The van der Waals surface area contributed by atoms with Crippen molar-refractivity contribution in [3.05, 3.63) is 0 Å². The third-order valence-electron chi connectivity index (χ3n) is 5.79. The summed E-state index contributed by atoms with van der Waals surface area (Å²) in [7, 11) is 0. The van der Waals surface area contributed by atoms with Crippen LogP contribution in [0.1, 0.15) is 46.0 Å². The molecule has 3 aliphatic rings. The lowest BCUT2D eigenvalue weighted by Crippen LogP contribution is -2.52. The zero-order chi connectivity index (χ0) is 12.8. The maximum Gasteiger partial charge on any atom is 0.0774 e. The van der Waals surface area contributed by atoms with Gasteiger partial charge in [0.15, 0.2) is 0 Å². The standard InChI is InChI=1S/C15H28N2O/c1-14(2)13-9-16-8-12(13)10-17(14)11-15(18)6-4-3-5-7-15/h12-13,16,18H,3-11H2,1-2H3. The minimum Gasteiger partial charge on any atom is -0.389 e. The molecule has 0 bridgehead atoms. The van der Waals surface area contributed by atoms with Gasteiger partial charge in [-0.15, -0.1) is 0 Å². The first-order chi connectivity index (χ1) is 8.51. The zero-order valence-corrected chi connectivity index (χ0v) is 11.9. The number of nitrogens with one attached hydrogen (secondary N) is 1. The van der Waals surface area contributed by atoms with Crippen molar-refractivity contribution < 1.29 is 5.11 Å². The van der Waals surface area contributed by atoms with Crippen molar-refractivity contribution >= 4 is 0 Å². The number of aliphatic hydroxyl groups is 1. The van der Waals surface area contributed by atoms with Crippen molar-refractivity contribution in [2.24, 2.45) is 11.8 Å². The van der Waals surface area contributed by atoms with Crippen molar-refractivity contribution in [1.82, 2.24) is 10.2 Å². The lowest BCUT2D eigenvalue weighted by molar-refractivity contribution is -0.0433. The van der Waals surface area contributed by atoms with E-state index in [0.717, 1.165) is 37.8 Å². The zero-order valence-electron chi connectivity index (χ0n) is 11.9. The molecule has 2 aliphatic heterocycles. The highest BCUT2D eigenvalue weighted by atomic mass is 16.3. The normalized spacial score (nSPS) is 38.8. The fraction of sp³-hybridized carbons (Fsp3) is 1.00. The van der Waals surface area contributed by atoms with Crippen molar-refractivity contribution in [3.8, 4) is 0 Å². The fourth-order valence-electron chi connectivity index (χ4n) is 4.50. The molecule has 0 radical (unpaired) electrons. The summed E-state index contributed by atoms with van der Waals surface area (Å²) < 4.78 is 0. The molecule has 104 valence electrons. The molecule has 1 saturated carbocycles. The Bertz CT molecular complexity index is 310. The number of nitrogens with zero attached hydrogens (tertiary/aromatic N) is 1. The molecule has 0 aromatic carbocycles. The van der Waals surface area contributed by atoms with E-state index in [9.17, 15) is 5.11 Å². The molecule has 0 aromatic rings. The number of fused-ring (bicyclic) bond motifs is 1. The highest BCUT2D eigenvalue weighted by molar-refractivity contribution is 5.06.